The number of para-hydroxylation sites is 1. The fourth-order valence-electron chi connectivity index (χ4n) is 2.65. The van der Waals surface area contributed by atoms with E-state index in [1.54, 1.807) is 44.6 Å². The molecule has 7 heteroatoms. The van der Waals surface area contributed by atoms with Gasteiger partial charge in [0.1, 0.15) is 0 Å². The molecule has 1 aromatic heterocycles. The Hall–Kier alpha value is -3.61. The molecule has 0 radical (unpaired) electrons. The number of esters is 1. The van der Waals surface area contributed by atoms with Crippen LogP contribution in [0.25, 0.3) is 5.69 Å². The molecule has 0 aliphatic heterocycles. The summed E-state index contributed by atoms with van der Waals surface area (Å²) in [6.45, 7) is 0. The molecule has 0 N–H and O–H groups in total. The maximum atomic E-state index is 12.8. The smallest absolute Gasteiger partial charge is 0.363 e. The van der Waals surface area contributed by atoms with E-state index < -0.39 is 12.1 Å². The summed E-state index contributed by atoms with van der Waals surface area (Å²) in [4.78, 5) is 26.8. The molecule has 0 fully saturated rings. The van der Waals surface area contributed by atoms with Gasteiger partial charge in [0, 0.05) is 19.7 Å². The van der Waals surface area contributed by atoms with Crippen LogP contribution in [0.2, 0.25) is 0 Å². The van der Waals surface area contributed by atoms with Crippen molar-refractivity contribution in [3.05, 3.63) is 78.1 Å². The molecule has 0 aliphatic rings. The largest absolute Gasteiger partial charge is 0.493 e. The summed E-state index contributed by atoms with van der Waals surface area (Å²) in [6.07, 6.45) is 0.521. The molecular formula is C21H21N3O4. The van der Waals surface area contributed by atoms with Gasteiger partial charge in [-0.2, -0.15) is 5.10 Å². The molecule has 144 valence electrons. The minimum atomic E-state index is -1.07. The molecule has 0 saturated heterocycles. The predicted molar refractivity (Wildman–Crippen MR) is 103 cm³/mol. The zero-order valence-electron chi connectivity index (χ0n) is 15.9. The van der Waals surface area contributed by atoms with Crippen molar-refractivity contribution in [1.29, 1.82) is 0 Å². The van der Waals surface area contributed by atoms with Gasteiger partial charge in [0.15, 0.2) is 5.75 Å². The van der Waals surface area contributed by atoms with Crippen molar-refractivity contribution in [2.75, 3.05) is 21.2 Å². The molecule has 28 heavy (non-hydrogen) atoms. The Morgan fingerprint density at radius 2 is 1.61 bits per heavy atom. The summed E-state index contributed by atoms with van der Waals surface area (Å²) >= 11 is 0. The molecule has 0 aliphatic carbocycles. The number of aromatic nitrogens is 2. The highest BCUT2D eigenvalue weighted by Crippen LogP contribution is 2.25. The van der Waals surface area contributed by atoms with Crippen LogP contribution in [0.5, 0.6) is 5.75 Å². The lowest BCUT2D eigenvalue weighted by Crippen LogP contribution is -2.31. The van der Waals surface area contributed by atoms with E-state index in [9.17, 15) is 9.59 Å². The van der Waals surface area contributed by atoms with Gasteiger partial charge in [0.25, 0.3) is 5.91 Å². The average Bonchev–Trinajstić information content (AvgIpc) is 3.17. The highest BCUT2D eigenvalue weighted by Gasteiger charge is 2.29. The lowest BCUT2D eigenvalue weighted by Gasteiger charge is -2.20. The molecule has 1 heterocycles. The van der Waals surface area contributed by atoms with Gasteiger partial charge in [0.05, 0.1) is 19.0 Å². The van der Waals surface area contributed by atoms with Crippen molar-refractivity contribution in [3.8, 4) is 11.4 Å². The number of hydrogen-bond donors (Lipinski definition) is 0. The lowest BCUT2D eigenvalue weighted by molar-refractivity contribution is -0.138. The summed E-state index contributed by atoms with van der Waals surface area (Å²) in [5.41, 5.74) is 1.35. The molecule has 0 spiro atoms. The van der Waals surface area contributed by atoms with Crippen LogP contribution in [0.15, 0.2) is 66.9 Å². The number of rotatable bonds is 6. The normalized spacial score (nSPS) is 11.5. The van der Waals surface area contributed by atoms with Gasteiger partial charge in [-0.25, -0.2) is 9.48 Å². The third kappa shape index (κ3) is 4.03. The molecular weight excluding hydrogens is 358 g/mol. The first-order valence-electron chi connectivity index (χ1n) is 8.67. The zero-order chi connectivity index (χ0) is 20.1. The maximum absolute atomic E-state index is 12.8. The second-order valence-electron chi connectivity index (χ2n) is 6.25. The van der Waals surface area contributed by atoms with Crippen LogP contribution in [0.4, 0.5) is 0 Å². The molecule has 0 unspecified atom stereocenters. The standard InChI is InChI=1S/C21H21N3O4/c1-23(2)20(25)19(15-10-6-4-7-11-15)28-21(26)18-17(27-3)14-24(22-18)16-12-8-5-9-13-16/h4-14,19H,1-3H3/t19-/m0/s1. The lowest BCUT2D eigenvalue weighted by atomic mass is 10.1. The molecule has 1 amide bonds. The van der Waals surface area contributed by atoms with Crippen molar-refractivity contribution in [3.63, 3.8) is 0 Å². The highest BCUT2D eigenvalue weighted by atomic mass is 16.6. The summed E-state index contributed by atoms with van der Waals surface area (Å²) in [5.74, 6) is -0.824. The average molecular weight is 379 g/mol. The Kier molecular flexibility index (Phi) is 5.74. The van der Waals surface area contributed by atoms with Gasteiger partial charge < -0.3 is 14.4 Å². The van der Waals surface area contributed by atoms with E-state index in [-0.39, 0.29) is 17.4 Å². The summed E-state index contributed by atoms with van der Waals surface area (Å²) in [7, 11) is 4.66. The molecule has 0 saturated carbocycles. The van der Waals surface area contributed by atoms with Gasteiger partial charge >= 0.3 is 5.97 Å². The Bertz CT molecular complexity index is 952. The molecule has 3 aromatic rings. The van der Waals surface area contributed by atoms with Crippen LogP contribution >= 0.6 is 0 Å². The summed E-state index contributed by atoms with van der Waals surface area (Å²) < 4.78 is 12.4. The van der Waals surface area contributed by atoms with Crippen LogP contribution < -0.4 is 4.74 Å². The number of carbonyl (C=O) groups is 2. The minimum Gasteiger partial charge on any atom is -0.493 e. The SMILES string of the molecule is COc1cn(-c2ccccc2)nc1C(=O)O[C@H](C(=O)N(C)C)c1ccccc1. The topological polar surface area (TPSA) is 73.7 Å². The third-order valence-electron chi connectivity index (χ3n) is 4.11. The van der Waals surface area contributed by atoms with Crippen LogP contribution in [0.1, 0.15) is 22.2 Å². The highest BCUT2D eigenvalue weighted by molar-refractivity contribution is 5.93. The monoisotopic (exact) mass is 379 g/mol. The number of nitrogens with zero attached hydrogens (tertiary/aromatic N) is 3. The second kappa shape index (κ2) is 8.39. The van der Waals surface area contributed by atoms with Crippen molar-refractivity contribution >= 4 is 11.9 Å². The Morgan fingerprint density at radius 3 is 2.18 bits per heavy atom. The second-order valence-corrected chi connectivity index (χ2v) is 6.25. The quantitative estimate of drug-likeness (QED) is 0.616. The van der Waals surface area contributed by atoms with Crippen molar-refractivity contribution in [1.82, 2.24) is 14.7 Å². The van der Waals surface area contributed by atoms with E-state index in [4.69, 9.17) is 9.47 Å². The molecule has 3 rings (SSSR count). The Morgan fingerprint density at radius 1 is 1.00 bits per heavy atom. The van der Waals surface area contributed by atoms with E-state index in [1.807, 2.05) is 36.4 Å². The molecule has 0 bridgehead atoms. The van der Waals surface area contributed by atoms with E-state index in [0.29, 0.717) is 5.56 Å². The number of likely N-dealkylation sites (N-methyl/N-ethyl adjacent to an activating group) is 1. The number of methoxy groups -OCH3 is 1. The first-order valence-corrected chi connectivity index (χ1v) is 8.67. The molecule has 2 aromatic carbocycles. The number of carbonyl (C=O) groups excluding carboxylic acids is 2. The van der Waals surface area contributed by atoms with Crippen LogP contribution in [-0.4, -0.2) is 47.8 Å². The zero-order valence-corrected chi connectivity index (χ0v) is 15.9. The van der Waals surface area contributed by atoms with Gasteiger partial charge in [0.2, 0.25) is 11.8 Å². The fourth-order valence-corrected chi connectivity index (χ4v) is 2.65. The van der Waals surface area contributed by atoms with E-state index >= 15 is 0 Å². The van der Waals surface area contributed by atoms with Gasteiger partial charge in [-0.05, 0) is 12.1 Å². The van der Waals surface area contributed by atoms with E-state index in [0.717, 1.165) is 5.69 Å². The van der Waals surface area contributed by atoms with Gasteiger partial charge in [-0.1, -0.05) is 48.5 Å². The minimum absolute atomic E-state index is 0.00107. The third-order valence-corrected chi connectivity index (χ3v) is 4.11. The first-order chi connectivity index (χ1) is 13.5. The van der Waals surface area contributed by atoms with Crippen molar-refractivity contribution in [2.24, 2.45) is 0 Å². The Labute approximate surface area is 163 Å². The first kappa shape index (κ1) is 19.2. The number of ether oxygens (including phenoxy) is 2. The van der Waals surface area contributed by atoms with Crippen LogP contribution in [0, 0.1) is 0 Å². The maximum Gasteiger partial charge on any atom is 0.363 e. The van der Waals surface area contributed by atoms with Crippen molar-refractivity contribution < 1.29 is 19.1 Å². The van der Waals surface area contributed by atoms with Crippen molar-refractivity contribution in [2.45, 2.75) is 6.10 Å². The summed E-state index contributed by atoms with van der Waals surface area (Å²) in [6, 6.07) is 18.2. The summed E-state index contributed by atoms with van der Waals surface area (Å²) in [5, 5.41) is 4.29. The Balaban J connectivity index is 1.92. The van der Waals surface area contributed by atoms with Gasteiger partial charge in [-0.15, -0.1) is 0 Å². The molecule has 1 atom stereocenters. The van der Waals surface area contributed by atoms with E-state index in [2.05, 4.69) is 5.10 Å². The number of hydrogen-bond acceptors (Lipinski definition) is 5. The van der Waals surface area contributed by atoms with Crippen LogP contribution in [-0.2, 0) is 9.53 Å². The number of amides is 1. The number of benzene rings is 2. The predicted octanol–water partition coefficient (Wildman–Crippen LogP) is 2.87. The van der Waals surface area contributed by atoms with Gasteiger partial charge in [-0.3, -0.25) is 4.79 Å². The van der Waals surface area contributed by atoms with E-state index in [1.165, 1.54) is 16.7 Å². The molecule has 7 nitrogen and oxygen atoms in total. The fraction of sp³-hybridized carbons (Fsp3) is 0.190. The van der Waals surface area contributed by atoms with Crippen LogP contribution in [0.3, 0.4) is 0 Å².